The Balaban J connectivity index is 3.37. The fourth-order valence-electron chi connectivity index (χ4n) is 9.54. The molecule has 0 aliphatic heterocycles. The molecule has 1 amide bonds. The number of aliphatic hydroxyl groups is 2. The number of unbranched alkanes of at least 4 members (excludes halogenated alkanes) is 48. The predicted molar refractivity (Wildman–Crippen MR) is 281 cm³/mol. The molecular formula is C59H117NO3. The van der Waals surface area contributed by atoms with Crippen LogP contribution in [0.2, 0.25) is 0 Å². The quantitative estimate of drug-likeness (QED) is 0.0421. The molecular weight excluding hydrogens is 771 g/mol. The standard InChI is InChI=1S/C59H117NO3/c1-3-5-7-9-11-13-15-17-19-21-22-23-24-25-26-27-28-29-30-31-32-33-34-35-36-37-38-39-41-43-45-47-49-51-53-55-59(63)60-57(56-61)58(62)54-52-50-48-46-44-42-40-20-18-16-14-12-10-8-6-4-2/h52,54,57-58,61-62H,3-51,53,55-56H2,1-2H3,(H,60,63)/b54-52+. The zero-order valence-electron chi connectivity index (χ0n) is 43.4. The van der Waals surface area contributed by atoms with Gasteiger partial charge in [-0.2, -0.15) is 0 Å². The van der Waals surface area contributed by atoms with Crippen LogP contribution in [0.1, 0.15) is 341 Å². The highest BCUT2D eigenvalue weighted by molar-refractivity contribution is 5.76. The van der Waals surface area contributed by atoms with Gasteiger partial charge >= 0.3 is 0 Å². The second-order valence-electron chi connectivity index (χ2n) is 20.4. The third-order valence-corrected chi connectivity index (χ3v) is 14.0. The van der Waals surface area contributed by atoms with Crippen molar-refractivity contribution >= 4 is 5.91 Å². The van der Waals surface area contributed by atoms with Gasteiger partial charge in [0.25, 0.3) is 0 Å². The Kier molecular flexibility index (Phi) is 54.7. The molecule has 2 unspecified atom stereocenters. The van der Waals surface area contributed by atoms with Gasteiger partial charge in [0.1, 0.15) is 0 Å². The first kappa shape index (κ1) is 62.1. The van der Waals surface area contributed by atoms with Gasteiger partial charge in [0, 0.05) is 6.42 Å². The smallest absolute Gasteiger partial charge is 0.220 e. The molecule has 0 spiro atoms. The summed E-state index contributed by atoms with van der Waals surface area (Å²) in [6, 6.07) is -0.617. The maximum absolute atomic E-state index is 12.5. The molecule has 0 aromatic carbocycles. The van der Waals surface area contributed by atoms with Crippen LogP contribution in [0.3, 0.4) is 0 Å². The Hall–Kier alpha value is -0.870. The Morgan fingerprint density at radius 1 is 0.365 bits per heavy atom. The molecule has 0 radical (unpaired) electrons. The number of aliphatic hydroxyl groups excluding tert-OH is 2. The Morgan fingerprint density at radius 3 is 0.825 bits per heavy atom. The van der Waals surface area contributed by atoms with Crippen molar-refractivity contribution in [3.63, 3.8) is 0 Å². The summed E-state index contributed by atoms with van der Waals surface area (Å²) in [6.07, 6.45) is 72.6. The predicted octanol–water partition coefficient (Wildman–Crippen LogP) is 19.3. The van der Waals surface area contributed by atoms with Crippen LogP contribution in [0.25, 0.3) is 0 Å². The number of carbonyl (C=O) groups is 1. The van der Waals surface area contributed by atoms with Crippen LogP contribution in [-0.2, 0) is 4.79 Å². The van der Waals surface area contributed by atoms with E-state index in [0.717, 1.165) is 25.7 Å². The summed E-state index contributed by atoms with van der Waals surface area (Å²) in [5.41, 5.74) is 0. The number of rotatable bonds is 55. The third-order valence-electron chi connectivity index (χ3n) is 14.0. The third kappa shape index (κ3) is 52.0. The van der Waals surface area contributed by atoms with E-state index in [1.54, 1.807) is 6.08 Å². The molecule has 2 atom stereocenters. The van der Waals surface area contributed by atoms with Gasteiger partial charge in [0.15, 0.2) is 0 Å². The van der Waals surface area contributed by atoms with Crippen LogP contribution in [0.15, 0.2) is 12.2 Å². The van der Waals surface area contributed by atoms with Crippen molar-refractivity contribution in [2.45, 2.75) is 353 Å². The van der Waals surface area contributed by atoms with Crippen LogP contribution < -0.4 is 5.32 Å². The van der Waals surface area contributed by atoms with E-state index in [9.17, 15) is 15.0 Å². The summed E-state index contributed by atoms with van der Waals surface area (Å²) in [5.74, 6) is -0.0560. The van der Waals surface area contributed by atoms with Crippen LogP contribution >= 0.6 is 0 Å². The summed E-state index contributed by atoms with van der Waals surface area (Å²) < 4.78 is 0. The average Bonchev–Trinajstić information content (AvgIpc) is 3.29. The van der Waals surface area contributed by atoms with E-state index in [4.69, 9.17) is 0 Å². The molecule has 4 nitrogen and oxygen atoms in total. The number of amides is 1. The molecule has 376 valence electrons. The summed E-state index contributed by atoms with van der Waals surface area (Å²) in [6.45, 7) is 4.35. The molecule has 0 saturated heterocycles. The number of allylic oxidation sites excluding steroid dienone is 1. The lowest BCUT2D eigenvalue weighted by Gasteiger charge is -2.20. The van der Waals surface area contributed by atoms with E-state index in [0.29, 0.717) is 6.42 Å². The van der Waals surface area contributed by atoms with Gasteiger partial charge in [0.2, 0.25) is 5.91 Å². The minimum atomic E-state index is -0.835. The number of nitrogens with one attached hydrogen (secondary N) is 1. The molecule has 0 bridgehead atoms. The Bertz CT molecular complexity index is 875. The lowest BCUT2D eigenvalue weighted by molar-refractivity contribution is -0.123. The molecule has 3 N–H and O–H groups in total. The molecule has 4 heteroatoms. The van der Waals surface area contributed by atoms with E-state index in [2.05, 4.69) is 19.2 Å². The summed E-state index contributed by atoms with van der Waals surface area (Å²) in [7, 11) is 0. The molecule has 0 aliphatic rings. The van der Waals surface area contributed by atoms with Gasteiger partial charge in [-0.1, -0.05) is 328 Å². The van der Waals surface area contributed by atoms with Crippen molar-refractivity contribution in [2.24, 2.45) is 0 Å². The van der Waals surface area contributed by atoms with E-state index >= 15 is 0 Å². The zero-order valence-corrected chi connectivity index (χ0v) is 43.4. The van der Waals surface area contributed by atoms with Crippen LogP contribution in [0, 0.1) is 0 Å². The first-order valence-corrected chi connectivity index (χ1v) is 29.4. The average molecular weight is 889 g/mol. The molecule has 0 aromatic rings. The topological polar surface area (TPSA) is 69.6 Å². The van der Waals surface area contributed by atoms with Gasteiger partial charge in [-0.05, 0) is 19.3 Å². The largest absolute Gasteiger partial charge is 0.394 e. The van der Waals surface area contributed by atoms with Gasteiger partial charge in [-0.3, -0.25) is 4.79 Å². The van der Waals surface area contributed by atoms with Crippen molar-refractivity contribution in [3.8, 4) is 0 Å². The second-order valence-corrected chi connectivity index (χ2v) is 20.4. The van der Waals surface area contributed by atoms with Crippen LogP contribution in [-0.4, -0.2) is 34.9 Å². The number of hydrogen-bond donors (Lipinski definition) is 3. The van der Waals surface area contributed by atoms with Crippen molar-refractivity contribution in [2.75, 3.05) is 6.61 Å². The lowest BCUT2D eigenvalue weighted by Crippen LogP contribution is -2.45. The van der Waals surface area contributed by atoms with Gasteiger partial charge < -0.3 is 15.5 Å². The van der Waals surface area contributed by atoms with Gasteiger partial charge in [0.05, 0.1) is 18.8 Å². The molecule has 0 aromatic heterocycles. The number of hydrogen-bond acceptors (Lipinski definition) is 3. The number of carbonyl (C=O) groups excluding carboxylic acids is 1. The van der Waals surface area contributed by atoms with Gasteiger partial charge in [-0.15, -0.1) is 0 Å². The highest BCUT2D eigenvalue weighted by Crippen LogP contribution is 2.18. The maximum Gasteiger partial charge on any atom is 0.220 e. The molecule has 0 saturated carbocycles. The van der Waals surface area contributed by atoms with Crippen molar-refractivity contribution in [1.82, 2.24) is 5.32 Å². The normalized spacial score (nSPS) is 12.8. The van der Waals surface area contributed by atoms with E-state index in [1.807, 2.05) is 6.08 Å². The lowest BCUT2D eigenvalue weighted by atomic mass is 10.0. The van der Waals surface area contributed by atoms with Crippen molar-refractivity contribution < 1.29 is 15.0 Å². The van der Waals surface area contributed by atoms with E-state index in [-0.39, 0.29) is 12.5 Å². The first-order chi connectivity index (χ1) is 31.2. The molecule has 0 fully saturated rings. The molecule has 0 aliphatic carbocycles. The summed E-state index contributed by atoms with van der Waals surface area (Å²) in [5, 5.41) is 23.1. The SMILES string of the molecule is CCCCCCCCCCCCCCCC/C=C/C(O)C(CO)NC(=O)CCCCCCCCCCCCCCCCCCCCCCCCCCCCCCCCCCCCC. The van der Waals surface area contributed by atoms with E-state index in [1.165, 1.54) is 295 Å². The highest BCUT2D eigenvalue weighted by Gasteiger charge is 2.18. The van der Waals surface area contributed by atoms with Crippen LogP contribution in [0.5, 0.6) is 0 Å². The molecule has 0 rings (SSSR count). The molecule has 63 heavy (non-hydrogen) atoms. The zero-order chi connectivity index (χ0) is 45.6. The molecule has 0 heterocycles. The fourth-order valence-corrected chi connectivity index (χ4v) is 9.54. The van der Waals surface area contributed by atoms with Crippen molar-refractivity contribution in [1.29, 1.82) is 0 Å². The Morgan fingerprint density at radius 2 is 0.587 bits per heavy atom. The van der Waals surface area contributed by atoms with Gasteiger partial charge in [-0.25, -0.2) is 0 Å². The summed E-state index contributed by atoms with van der Waals surface area (Å²) in [4.78, 5) is 12.5. The second kappa shape index (κ2) is 55.5. The minimum Gasteiger partial charge on any atom is -0.394 e. The van der Waals surface area contributed by atoms with E-state index < -0.39 is 12.1 Å². The first-order valence-electron chi connectivity index (χ1n) is 29.4. The van der Waals surface area contributed by atoms with Crippen LogP contribution in [0.4, 0.5) is 0 Å². The van der Waals surface area contributed by atoms with Crippen molar-refractivity contribution in [3.05, 3.63) is 12.2 Å². The highest BCUT2D eigenvalue weighted by atomic mass is 16.3. The monoisotopic (exact) mass is 888 g/mol. The maximum atomic E-state index is 12.5. The summed E-state index contributed by atoms with van der Waals surface area (Å²) >= 11 is 0. The fraction of sp³-hybridized carbons (Fsp3) is 0.949. The Labute approximate surface area is 397 Å². The minimum absolute atomic E-state index is 0.0560.